The molecule has 4 N–H and O–H groups in total. The molecule has 2 atom stereocenters. The molecule has 2 nitrogen and oxygen atoms in total. The SMILES string of the molecule is NC(c1ccc2ccccc2c1)[C@H](N)c1ccc2ccccc2c1. The first-order valence-electron chi connectivity index (χ1n) is 8.21. The number of hydrogen-bond donors (Lipinski definition) is 2. The highest BCUT2D eigenvalue weighted by molar-refractivity contribution is 5.84. The molecular weight excluding hydrogens is 292 g/mol. The van der Waals surface area contributed by atoms with E-state index in [2.05, 4.69) is 60.7 Å². The highest BCUT2D eigenvalue weighted by Gasteiger charge is 2.18. The molecule has 4 rings (SSSR count). The van der Waals surface area contributed by atoms with Gasteiger partial charge in [0.05, 0.1) is 0 Å². The summed E-state index contributed by atoms with van der Waals surface area (Å²) >= 11 is 0. The summed E-state index contributed by atoms with van der Waals surface area (Å²) in [4.78, 5) is 0. The van der Waals surface area contributed by atoms with E-state index in [0.29, 0.717) is 0 Å². The molecule has 4 aromatic rings. The molecule has 0 saturated carbocycles. The molecule has 0 fully saturated rings. The highest BCUT2D eigenvalue weighted by Crippen LogP contribution is 2.29. The van der Waals surface area contributed by atoms with Crippen LogP contribution in [0.1, 0.15) is 23.2 Å². The Morgan fingerprint density at radius 2 is 0.833 bits per heavy atom. The second kappa shape index (κ2) is 6.08. The lowest BCUT2D eigenvalue weighted by atomic mass is 9.92. The zero-order chi connectivity index (χ0) is 16.5. The van der Waals surface area contributed by atoms with Gasteiger partial charge in [0.1, 0.15) is 0 Å². The Hall–Kier alpha value is -2.68. The molecule has 1 unspecified atom stereocenters. The van der Waals surface area contributed by atoms with Crippen LogP contribution in [0.4, 0.5) is 0 Å². The van der Waals surface area contributed by atoms with Gasteiger partial charge in [-0.15, -0.1) is 0 Å². The van der Waals surface area contributed by atoms with Gasteiger partial charge in [-0.1, -0.05) is 72.8 Å². The normalized spacial score (nSPS) is 13.9. The molecule has 0 aliphatic rings. The van der Waals surface area contributed by atoms with E-state index in [-0.39, 0.29) is 12.1 Å². The van der Waals surface area contributed by atoms with Crippen LogP contribution in [0.5, 0.6) is 0 Å². The van der Waals surface area contributed by atoms with E-state index in [1.807, 2.05) is 24.3 Å². The molecule has 0 aromatic heterocycles. The number of benzene rings is 4. The second-order valence-electron chi connectivity index (χ2n) is 6.26. The van der Waals surface area contributed by atoms with E-state index in [0.717, 1.165) is 11.1 Å². The highest BCUT2D eigenvalue weighted by atomic mass is 14.8. The third kappa shape index (κ3) is 2.67. The molecule has 0 bridgehead atoms. The van der Waals surface area contributed by atoms with Crippen molar-refractivity contribution in [3.8, 4) is 0 Å². The smallest absolute Gasteiger partial charge is 0.0491 e. The van der Waals surface area contributed by atoms with E-state index in [1.165, 1.54) is 21.5 Å². The van der Waals surface area contributed by atoms with E-state index < -0.39 is 0 Å². The third-order valence-electron chi connectivity index (χ3n) is 4.70. The predicted octanol–water partition coefficient (Wildman–Crippen LogP) is 4.69. The Bertz CT molecular complexity index is 923. The molecule has 4 aromatic carbocycles. The van der Waals surface area contributed by atoms with E-state index in [9.17, 15) is 0 Å². The van der Waals surface area contributed by atoms with Crippen LogP contribution in [0.2, 0.25) is 0 Å². The maximum absolute atomic E-state index is 6.48. The predicted molar refractivity (Wildman–Crippen MR) is 102 cm³/mol. The molecule has 0 aliphatic heterocycles. The molecular formula is C22H20N2. The van der Waals surface area contributed by atoms with Gasteiger partial charge in [0, 0.05) is 12.1 Å². The van der Waals surface area contributed by atoms with Crippen LogP contribution in [0, 0.1) is 0 Å². The van der Waals surface area contributed by atoms with Crippen molar-refractivity contribution >= 4 is 21.5 Å². The molecule has 0 saturated heterocycles. The van der Waals surface area contributed by atoms with Crippen molar-refractivity contribution in [2.75, 3.05) is 0 Å². The summed E-state index contributed by atoms with van der Waals surface area (Å²) < 4.78 is 0. The fourth-order valence-corrected chi connectivity index (χ4v) is 3.24. The van der Waals surface area contributed by atoms with E-state index in [1.54, 1.807) is 0 Å². The average molecular weight is 312 g/mol. The Morgan fingerprint density at radius 1 is 0.458 bits per heavy atom. The first kappa shape index (κ1) is 14.9. The monoisotopic (exact) mass is 312 g/mol. The summed E-state index contributed by atoms with van der Waals surface area (Å²) in [6.07, 6.45) is 0. The largest absolute Gasteiger partial charge is 0.322 e. The van der Waals surface area contributed by atoms with Gasteiger partial charge in [-0.25, -0.2) is 0 Å². The van der Waals surface area contributed by atoms with Gasteiger partial charge in [-0.05, 0) is 44.8 Å². The fourth-order valence-electron chi connectivity index (χ4n) is 3.24. The third-order valence-corrected chi connectivity index (χ3v) is 4.70. The van der Waals surface area contributed by atoms with Crippen molar-refractivity contribution in [1.82, 2.24) is 0 Å². The summed E-state index contributed by atoms with van der Waals surface area (Å²) in [5, 5.41) is 4.81. The Morgan fingerprint density at radius 3 is 1.25 bits per heavy atom. The van der Waals surface area contributed by atoms with Crippen LogP contribution in [0.25, 0.3) is 21.5 Å². The molecule has 0 heterocycles. The molecule has 0 aliphatic carbocycles. The lowest BCUT2D eigenvalue weighted by Gasteiger charge is -2.21. The van der Waals surface area contributed by atoms with Crippen LogP contribution in [0.3, 0.4) is 0 Å². The van der Waals surface area contributed by atoms with Gasteiger partial charge in [-0.3, -0.25) is 0 Å². The quantitative estimate of drug-likeness (QED) is 0.576. The first-order valence-corrected chi connectivity index (χ1v) is 8.21. The Labute approximate surface area is 141 Å². The summed E-state index contributed by atoms with van der Waals surface area (Å²) in [5.74, 6) is 0. The minimum absolute atomic E-state index is 0.240. The van der Waals surface area contributed by atoms with Crippen molar-refractivity contribution in [2.24, 2.45) is 11.5 Å². The lowest BCUT2D eigenvalue weighted by molar-refractivity contribution is 0.575. The van der Waals surface area contributed by atoms with Crippen molar-refractivity contribution in [3.63, 3.8) is 0 Å². The molecule has 2 heteroatoms. The van der Waals surface area contributed by atoms with Crippen molar-refractivity contribution in [1.29, 1.82) is 0 Å². The minimum Gasteiger partial charge on any atom is -0.322 e. The Kier molecular flexibility index (Phi) is 3.77. The van der Waals surface area contributed by atoms with Gasteiger partial charge < -0.3 is 11.5 Å². The van der Waals surface area contributed by atoms with Crippen LogP contribution in [-0.4, -0.2) is 0 Å². The van der Waals surface area contributed by atoms with Crippen LogP contribution in [-0.2, 0) is 0 Å². The summed E-state index contributed by atoms with van der Waals surface area (Å²) in [7, 11) is 0. The molecule has 118 valence electrons. The maximum atomic E-state index is 6.48. The number of nitrogens with two attached hydrogens (primary N) is 2. The van der Waals surface area contributed by atoms with E-state index >= 15 is 0 Å². The zero-order valence-electron chi connectivity index (χ0n) is 13.4. The van der Waals surface area contributed by atoms with Gasteiger partial charge in [0.25, 0.3) is 0 Å². The van der Waals surface area contributed by atoms with Crippen molar-refractivity contribution in [2.45, 2.75) is 12.1 Å². The van der Waals surface area contributed by atoms with E-state index in [4.69, 9.17) is 11.5 Å². The zero-order valence-corrected chi connectivity index (χ0v) is 13.4. The van der Waals surface area contributed by atoms with Crippen molar-refractivity contribution < 1.29 is 0 Å². The standard InChI is InChI=1S/C22H20N2/c23-21(19-11-9-15-5-1-3-7-17(15)13-19)22(24)20-12-10-16-6-2-4-8-18(16)14-20/h1-14,21-22H,23-24H2/t21-,22?/m1/s1. The van der Waals surface area contributed by atoms with Crippen molar-refractivity contribution in [3.05, 3.63) is 96.1 Å². The molecule has 0 spiro atoms. The topological polar surface area (TPSA) is 52.0 Å². The van der Waals surface area contributed by atoms with Gasteiger partial charge in [-0.2, -0.15) is 0 Å². The maximum Gasteiger partial charge on any atom is 0.0491 e. The number of fused-ring (bicyclic) bond motifs is 2. The van der Waals surface area contributed by atoms with Crippen LogP contribution in [0.15, 0.2) is 84.9 Å². The molecule has 0 amide bonds. The summed E-state index contributed by atoms with van der Waals surface area (Å²) in [6, 6.07) is 28.8. The van der Waals surface area contributed by atoms with Gasteiger partial charge >= 0.3 is 0 Å². The summed E-state index contributed by atoms with van der Waals surface area (Å²) in [5.41, 5.74) is 15.1. The number of rotatable bonds is 3. The minimum atomic E-state index is -0.240. The van der Waals surface area contributed by atoms with Gasteiger partial charge in [0.2, 0.25) is 0 Å². The number of hydrogen-bond acceptors (Lipinski definition) is 2. The molecule has 0 radical (unpaired) electrons. The van der Waals surface area contributed by atoms with Crippen LogP contribution < -0.4 is 11.5 Å². The van der Waals surface area contributed by atoms with Gasteiger partial charge in [0.15, 0.2) is 0 Å². The average Bonchev–Trinajstić information content (AvgIpc) is 2.66. The lowest BCUT2D eigenvalue weighted by Crippen LogP contribution is -2.26. The fraction of sp³-hybridized carbons (Fsp3) is 0.0909. The second-order valence-corrected chi connectivity index (χ2v) is 6.26. The summed E-state index contributed by atoms with van der Waals surface area (Å²) in [6.45, 7) is 0. The molecule has 24 heavy (non-hydrogen) atoms. The first-order chi connectivity index (χ1) is 11.7. The Balaban J connectivity index is 1.69. The van der Waals surface area contributed by atoms with Crippen LogP contribution >= 0.6 is 0 Å².